The molecule has 1 atom stereocenters. The van der Waals surface area contributed by atoms with E-state index in [1.807, 2.05) is 0 Å². The van der Waals surface area contributed by atoms with Crippen molar-refractivity contribution in [3.8, 4) is 5.75 Å². The maximum Gasteiger partial charge on any atom is 0.573 e. The van der Waals surface area contributed by atoms with Crippen LogP contribution in [0.4, 0.5) is 13.2 Å². The highest BCUT2D eigenvalue weighted by molar-refractivity contribution is 5.40. The standard InChI is InChI=1S/C21H23F3O/c1-2-3-4-15-5-7-16(8-6-15)17-9-10-19-14-20(25-21(22,23)24)12-11-18(19)13-17/h5-8,11-12,14,17H,2-4,9-10,13H2,1H3. The van der Waals surface area contributed by atoms with Crippen LogP contribution in [0, 0.1) is 0 Å². The van der Waals surface area contributed by atoms with E-state index in [-0.39, 0.29) is 5.75 Å². The summed E-state index contributed by atoms with van der Waals surface area (Å²) in [5, 5.41) is 0. The molecular formula is C21H23F3O. The van der Waals surface area contributed by atoms with Crippen LogP contribution in [-0.4, -0.2) is 6.36 Å². The summed E-state index contributed by atoms with van der Waals surface area (Å²) in [6.07, 6.45) is 1.50. The third kappa shape index (κ3) is 4.77. The number of unbranched alkanes of at least 4 members (excludes halogenated alkanes) is 1. The van der Waals surface area contributed by atoms with Crippen molar-refractivity contribution < 1.29 is 17.9 Å². The first-order valence-corrected chi connectivity index (χ1v) is 8.91. The summed E-state index contributed by atoms with van der Waals surface area (Å²) in [5.41, 5.74) is 4.79. The van der Waals surface area contributed by atoms with Crippen molar-refractivity contribution in [3.63, 3.8) is 0 Å². The van der Waals surface area contributed by atoms with Crippen molar-refractivity contribution >= 4 is 0 Å². The zero-order valence-corrected chi connectivity index (χ0v) is 14.4. The molecule has 0 aliphatic heterocycles. The topological polar surface area (TPSA) is 9.23 Å². The molecule has 0 amide bonds. The molecule has 0 bridgehead atoms. The third-order valence-corrected chi connectivity index (χ3v) is 4.91. The van der Waals surface area contributed by atoms with Gasteiger partial charge in [0.05, 0.1) is 0 Å². The second-order valence-corrected chi connectivity index (χ2v) is 6.76. The first-order valence-electron chi connectivity index (χ1n) is 8.91. The Bertz CT molecular complexity index is 704. The van der Waals surface area contributed by atoms with E-state index >= 15 is 0 Å². The van der Waals surface area contributed by atoms with Crippen LogP contribution < -0.4 is 4.74 Å². The lowest BCUT2D eigenvalue weighted by Gasteiger charge is -2.25. The fraction of sp³-hybridized carbons (Fsp3) is 0.429. The smallest absolute Gasteiger partial charge is 0.406 e. The van der Waals surface area contributed by atoms with E-state index in [0.29, 0.717) is 5.92 Å². The summed E-state index contributed by atoms with van der Waals surface area (Å²) in [4.78, 5) is 0. The molecule has 134 valence electrons. The number of alkyl halides is 3. The number of ether oxygens (including phenoxy) is 1. The average molecular weight is 348 g/mol. The summed E-state index contributed by atoms with van der Waals surface area (Å²) in [7, 11) is 0. The fourth-order valence-corrected chi connectivity index (χ4v) is 3.55. The van der Waals surface area contributed by atoms with E-state index in [0.717, 1.165) is 36.8 Å². The van der Waals surface area contributed by atoms with Gasteiger partial charge < -0.3 is 4.74 Å². The lowest BCUT2D eigenvalue weighted by atomic mass is 9.80. The Labute approximate surface area is 146 Å². The van der Waals surface area contributed by atoms with Crippen molar-refractivity contribution in [1.29, 1.82) is 0 Å². The molecule has 25 heavy (non-hydrogen) atoms. The predicted molar refractivity (Wildman–Crippen MR) is 92.9 cm³/mol. The van der Waals surface area contributed by atoms with Gasteiger partial charge in [-0.2, -0.15) is 0 Å². The van der Waals surface area contributed by atoms with Crippen LogP contribution in [-0.2, 0) is 19.3 Å². The van der Waals surface area contributed by atoms with Gasteiger partial charge in [-0.1, -0.05) is 43.7 Å². The molecule has 4 heteroatoms. The Morgan fingerprint density at radius 3 is 2.48 bits per heavy atom. The molecule has 1 unspecified atom stereocenters. The predicted octanol–water partition coefficient (Wildman–Crippen LogP) is 6.20. The Hall–Kier alpha value is -1.97. The Morgan fingerprint density at radius 1 is 1.04 bits per heavy atom. The number of benzene rings is 2. The second kappa shape index (κ2) is 7.51. The van der Waals surface area contributed by atoms with Gasteiger partial charge in [0.15, 0.2) is 0 Å². The highest BCUT2D eigenvalue weighted by Crippen LogP contribution is 2.35. The van der Waals surface area contributed by atoms with Crippen LogP contribution in [0.3, 0.4) is 0 Å². The maximum atomic E-state index is 12.3. The molecule has 0 radical (unpaired) electrons. The maximum absolute atomic E-state index is 12.3. The second-order valence-electron chi connectivity index (χ2n) is 6.76. The van der Waals surface area contributed by atoms with E-state index in [4.69, 9.17) is 0 Å². The van der Waals surface area contributed by atoms with Crippen LogP contribution in [0.25, 0.3) is 0 Å². The van der Waals surface area contributed by atoms with Gasteiger partial charge in [-0.25, -0.2) is 0 Å². The van der Waals surface area contributed by atoms with Gasteiger partial charge in [0, 0.05) is 0 Å². The summed E-state index contributed by atoms with van der Waals surface area (Å²) in [6.45, 7) is 2.19. The molecule has 0 spiro atoms. The van der Waals surface area contributed by atoms with Crippen molar-refractivity contribution in [2.24, 2.45) is 0 Å². The molecule has 0 heterocycles. The molecule has 0 fully saturated rings. The summed E-state index contributed by atoms with van der Waals surface area (Å²) < 4.78 is 41.1. The number of halogens is 3. The first kappa shape index (κ1) is 17.8. The van der Waals surface area contributed by atoms with Gasteiger partial charge >= 0.3 is 6.36 Å². The molecule has 0 N–H and O–H groups in total. The fourth-order valence-electron chi connectivity index (χ4n) is 3.55. The van der Waals surface area contributed by atoms with E-state index in [2.05, 4.69) is 35.9 Å². The quantitative estimate of drug-likeness (QED) is 0.625. The Kier molecular flexibility index (Phi) is 5.36. The molecule has 3 rings (SSSR count). The van der Waals surface area contributed by atoms with Crippen LogP contribution >= 0.6 is 0 Å². The minimum absolute atomic E-state index is 0.120. The molecule has 1 nitrogen and oxygen atoms in total. The SMILES string of the molecule is CCCCc1ccc(C2CCc3cc(OC(F)(F)F)ccc3C2)cc1. The van der Waals surface area contributed by atoms with Gasteiger partial charge in [-0.15, -0.1) is 13.2 Å². The summed E-state index contributed by atoms with van der Waals surface area (Å²) in [5.74, 6) is 0.312. The highest BCUT2D eigenvalue weighted by Gasteiger charge is 2.31. The molecule has 0 saturated carbocycles. The van der Waals surface area contributed by atoms with Crippen molar-refractivity contribution in [2.45, 2.75) is 57.7 Å². The highest BCUT2D eigenvalue weighted by atomic mass is 19.4. The number of aryl methyl sites for hydroxylation is 2. The average Bonchev–Trinajstić information content (AvgIpc) is 2.58. The zero-order chi connectivity index (χ0) is 17.9. The van der Waals surface area contributed by atoms with Gasteiger partial charge in [0.25, 0.3) is 0 Å². The lowest BCUT2D eigenvalue weighted by Crippen LogP contribution is -2.18. The Morgan fingerprint density at radius 2 is 1.80 bits per heavy atom. The molecule has 2 aromatic carbocycles. The third-order valence-electron chi connectivity index (χ3n) is 4.91. The number of hydrogen-bond acceptors (Lipinski definition) is 1. The van der Waals surface area contributed by atoms with Crippen LogP contribution in [0.15, 0.2) is 42.5 Å². The van der Waals surface area contributed by atoms with E-state index < -0.39 is 6.36 Å². The van der Waals surface area contributed by atoms with Gasteiger partial charge in [0.2, 0.25) is 0 Å². The molecule has 0 aromatic heterocycles. The van der Waals surface area contributed by atoms with E-state index in [1.165, 1.54) is 36.1 Å². The zero-order valence-electron chi connectivity index (χ0n) is 14.4. The van der Waals surface area contributed by atoms with Gasteiger partial charge in [-0.05, 0) is 72.4 Å². The normalized spacial score (nSPS) is 17.2. The van der Waals surface area contributed by atoms with E-state index in [1.54, 1.807) is 6.07 Å². The molecule has 1 aliphatic rings. The van der Waals surface area contributed by atoms with Gasteiger partial charge in [0.1, 0.15) is 5.75 Å². The largest absolute Gasteiger partial charge is 0.573 e. The minimum atomic E-state index is -4.63. The molecule has 0 saturated heterocycles. The summed E-state index contributed by atoms with van der Waals surface area (Å²) in [6, 6.07) is 13.6. The minimum Gasteiger partial charge on any atom is -0.406 e. The number of hydrogen-bond donors (Lipinski definition) is 0. The summed E-state index contributed by atoms with van der Waals surface area (Å²) >= 11 is 0. The lowest BCUT2D eigenvalue weighted by molar-refractivity contribution is -0.274. The monoisotopic (exact) mass is 348 g/mol. The number of fused-ring (bicyclic) bond motifs is 1. The first-order chi connectivity index (χ1) is 11.9. The van der Waals surface area contributed by atoms with Crippen molar-refractivity contribution in [2.75, 3.05) is 0 Å². The van der Waals surface area contributed by atoms with Crippen LogP contribution in [0.5, 0.6) is 5.75 Å². The Balaban J connectivity index is 1.68. The van der Waals surface area contributed by atoms with Crippen LogP contribution in [0.1, 0.15) is 54.4 Å². The molecule has 2 aromatic rings. The van der Waals surface area contributed by atoms with Crippen LogP contribution in [0.2, 0.25) is 0 Å². The molecule has 1 aliphatic carbocycles. The van der Waals surface area contributed by atoms with E-state index in [9.17, 15) is 13.2 Å². The molecular weight excluding hydrogens is 325 g/mol. The number of rotatable bonds is 5. The van der Waals surface area contributed by atoms with Crippen molar-refractivity contribution in [3.05, 3.63) is 64.7 Å². The van der Waals surface area contributed by atoms with Crippen molar-refractivity contribution in [1.82, 2.24) is 0 Å². The van der Waals surface area contributed by atoms with Gasteiger partial charge in [-0.3, -0.25) is 0 Å².